The van der Waals surface area contributed by atoms with E-state index in [0.717, 1.165) is 54.8 Å². The van der Waals surface area contributed by atoms with Crippen LogP contribution in [0.3, 0.4) is 0 Å². The van der Waals surface area contributed by atoms with E-state index in [0.29, 0.717) is 45.5 Å². The zero-order valence-corrected chi connectivity index (χ0v) is 23.3. The second-order valence-electron chi connectivity index (χ2n) is 11.2. The Bertz CT molecular complexity index is 1210. The second kappa shape index (κ2) is 12.8. The highest BCUT2D eigenvalue weighted by Crippen LogP contribution is 2.41. The lowest BCUT2D eigenvalue weighted by molar-refractivity contribution is -0.143. The van der Waals surface area contributed by atoms with Crippen LogP contribution in [0, 0.1) is 5.92 Å². The van der Waals surface area contributed by atoms with E-state index in [4.69, 9.17) is 4.74 Å². The Morgan fingerprint density at radius 3 is 2.80 bits per heavy atom. The number of hydrogen-bond acceptors (Lipinski definition) is 6. The highest BCUT2D eigenvalue weighted by Gasteiger charge is 2.47. The molecule has 1 aromatic carbocycles. The molecule has 2 saturated heterocycles. The van der Waals surface area contributed by atoms with Crippen molar-refractivity contribution in [2.24, 2.45) is 5.92 Å². The van der Waals surface area contributed by atoms with Crippen molar-refractivity contribution in [2.75, 3.05) is 44.2 Å². The average Bonchev–Trinajstić information content (AvgIpc) is 3.68. The summed E-state index contributed by atoms with van der Waals surface area (Å²) in [6.45, 7) is 5.36. The van der Waals surface area contributed by atoms with Gasteiger partial charge in [-0.2, -0.15) is 0 Å². The molecule has 3 aliphatic rings. The Morgan fingerprint density at radius 1 is 1.20 bits per heavy atom. The predicted octanol–water partition coefficient (Wildman–Crippen LogP) is 3.72. The number of pyridine rings is 1. The number of ether oxygens (including phenoxy) is 1. The summed E-state index contributed by atoms with van der Waals surface area (Å²) in [5.41, 5.74) is 2.86. The zero-order chi connectivity index (χ0) is 28.1. The second-order valence-corrected chi connectivity index (χ2v) is 11.2. The quantitative estimate of drug-likeness (QED) is 0.431. The van der Waals surface area contributed by atoms with Gasteiger partial charge >= 0.3 is 5.97 Å². The molecule has 2 aromatic rings. The summed E-state index contributed by atoms with van der Waals surface area (Å²) >= 11 is 0. The molecule has 5 rings (SSSR count). The molecule has 214 valence electrons. The van der Waals surface area contributed by atoms with Crippen LogP contribution in [0.25, 0.3) is 0 Å². The molecule has 1 aromatic heterocycles. The first kappa shape index (κ1) is 28.1. The molecule has 3 unspecified atom stereocenters. The van der Waals surface area contributed by atoms with Gasteiger partial charge in [-0.15, -0.1) is 0 Å². The van der Waals surface area contributed by atoms with Crippen LogP contribution in [-0.4, -0.2) is 83.0 Å². The molecule has 0 radical (unpaired) electrons. The fourth-order valence-electron chi connectivity index (χ4n) is 6.55. The minimum atomic E-state index is -0.839. The molecule has 3 aliphatic heterocycles. The summed E-state index contributed by atoms with van der Waals surface area (Å²) in [5.74, 6) is -0.727. The van der Waals surface area contributed by atoms with Crippen LogP contribution in [0.5, 0.6) is 5.75 Å². The number of anilines is 1. The summed E-state index contributed by atoms with van der Waals surface area (Å²) < 4.78 is 5.68. The van der Waals surface area contributed by atoms with Gasteiger partial charge in [0.05, 0.1) is 31.0 Å². The van der Waals surface area contributed by atoms with Gasteiger partial charge in [0.25, 0.3) is 0 Å². The molecule has 0 aliphatic carbocycles. The number of benzene rings is 1. The third-order valence-corrected chi connectivity index (χ3v) is 8.61. The van der Waals surface area contributed by atoms with Crippen molar-refractivity contribution in [3.8, 4) is 5.75 Å². The van der Waals surface area contributed by atoms with Gasteiger partial charge in [-0.1, -0.05) is 25.5 Å². The van der Waals surface area contributed by atoms with Crippen LogP contribution >= 0.6 is 0 Å². The molecule has 9 heteroatoms. The van der Waals surface area contributed by atoms with Crippen LogP contribution in [0.4, 0.5) is 5.69 Å². The van der Waals surface area contributed by atoms with Crippen LogP contribution in [0.15, 0.2) is 42.7 Å². The minimum absolute atomic E-state index is 0.0479. The number of fused-ring (bicyclic) bond motifs is 1. The van der Waals surface area contributed by atoms with E-state index < -0.39 is 11.9 Å². The van der Waals surface area contributed by atoms with Gasteiger partial charge in [-0.3, -0.25) is 24.3 Å². The van der Waals surface area contributed by atoms with Crippen molar-refractivity contribution in [3.05, 3.63) is 53.9 Å². The number of nitrogens with zero attached hydrogens (tertiary/aromatic N) is 4. The smallest absolute Gasteiger partial charge is 0.308 e. The lowest BCUT2D eigenvalue weighted by atomic mass is 9.83. The molecule has 0 saturated carbocycles. The summed E-state index contributed by atoms with van der Waals surface area (Å²) in [7, 11) is 0. The Morgan fingerprint density at radius 2 is 2.08 bits per heavy atom. The summed E-state index contributed by atoms with van der Waals surface area (Å²) in [6.07, 6.45) is 8.83. The van der Waals surface area contributed by atoms with Gasteiger partial charge in [0.15, 0.2) is 0 Å². The number of hydrogen-bond donors (Lipinski definition) is 1. The number of carboxylic acid groups (broad SMARTS) is 1. The third-order valence-electron chi connectivity index (χ3n) is 8.61. The molecule has 2 fully saturated rings. The topological polar surface area (TPSA) is 103 Å². The summed E-state index contributed by atoms with van der Waals surface area (Å²) in [5, 5.41) is 10.5. The van der Waals surface area contributed by atoms with E-state index in [9.17, 15) is 19.5 Å². The van der Waals surface area contributed by atoms with E-state index in [1.54, 1.807) is 17.3 Å². The standard InChI is InChI=1S/C31H40N4O5/c1-2-3-16-35(24-7-4-13-32-19-24)29(37)21-34-20-25(22-10-11-27-23(18-22)12-17-40-27)30(31(38)39)26(34)8-5-14-33-15-6-9-28(33)36/h4,7,10-11,13,18-19,25-26,30H,2-3,5-6,8-9,12,14-17,20-21H2,1H3,(H,38,39). The largest absolute Gasteiger partial charge is 0.493 e. The fourth-order valence-corrected chi connectivity index (χ4v) is 6.55. The zero-order valence-electron chi connectivity index (χ0n) is 23.3. The Labute approximate surface area is 236 Å². The van der Waals surface area contributed by atoms with Crippen molar-refractivity contribution in [2.45, 2.75) is 63.8 Å². The van der Waals surface area contributed by atoms with E-state index in [2.05, 4.69) is 22.9 Å². The number of amides is 2. The van der Waals surface area contributed by atoms with Crippen LogP contribution < -0.4 is 9.64 Å². The summed E-state index contributed by atoms with van der Waals surface area (Å²) in [4.78, 5) is 48.7. The maximum atomic E-state index is 13.8. The van der Waals surface area contributed by atoms with Gasteiger partial charge < -0.3 is 19.6 Å². The molecule has 4 heterocycles. The molecule has 3 atom stereocenters. The van der Waals surface area contributed by atoms with Gasteiger partial charge in [0, 0.05) is 57.2 Å². The first-order valence-electron chi connectivity index (χ1n) is 14.7. The molecule has 9 nitrogen and oxygen atoms in total. The number of rotatable bonds is 12. The fraction of sp³-hybridized carbons (Fsp3) is 0.548. The number of carbonyl (C=O) groups excluding carboxylic acids is 2. The molecular formula is C31H40N4O5. The van der Waals surface area contributed by atoms with Crippen molar-refractivity contribution < 1.29 is 24.2 Å². The molecular weight excluding hydrogens is 508 g/mol. The van der Waals surface area contributed by atoms with Gasteiger partial charge in [0.2, 0.25) is 11.8 Å². The molecule has 0 bridgehead atoms. The van der Waals surface area contributed by atoms with Crippen molar-refractivity contribution in [1.82, 2.24) is 14.8 Å². The number of unbranched alkanes of at least 4 members (excludes halogenated alkanes) is 1. The first-order valence-corrected chi connectivity index (χ1v) is 14.7. The maximum Gasteiger partial charge on any atom is 0.308 e. The molecule has 0 spiro atoms. The Hall–Kier alpha value is -3.46. The van der Waals surface area contributed by atoms with Gasteiger partial charge in [0.1, 0.15) is 5.75 Å². The van der Waals surface area contributed by atoms with Crippen molar-refractivity contribution >= 4 is 23.5 Å². The number of carbonyl (C=O) groups is 3. The molecule has 40 heavy (non-hydrogen) atoms. The lowest BCUT2D eigenvalue weighted by Crippen LogP contribution is -2.44. The number of aromatic nitrogens is 1. The van der Waals surface area contributed by atoms with E-state index in [1.807, 2.05) is 29.2 Å². The van der Waals surface area contributed by atoms with Gasteiger partial charge in [-0.05, 0) is 55.0 Å². The summed E-state index contributed by atoms with van der Waals surface area (Å²) in [6, 6.07) is 9.44. The average molecular weight is 549 g/mol. The molecule has 1 N–H and O–H groups in total. The van der Waals surface area contributed by atoms with E-state index in [-0.39, 0.29) is 30.3 Å². The number of aliphatic carboxylic acids is 1. The molecule has 2 amide bonds. The number of likely N-dealkylation sites (tertiary alicyclic amines) is 2. The minimum Gasteiger partial charge on any atom is -0.493 e. The van der Waals surface area contributed by atoms with Crippen LogP contribution in [0.2, 0.25) is 0 Å². The van der Waals surface area contributed by atoms with Crippen molar-refractivity contribution in [1.29, 1.82) is 0 Å². The lowest BCUT2D eigenvalue weighted by Gasteiger charge is -2.30. The monoisotopic (exact) mass is 548 g/mol. The SMILES string of the molecule is CCCCN(C(=O)CN1CC(c2ccc3c(c2)CCO3)C(C(=O)O)C1CCCN1CCCC1=O)c1cccnc1. The van der Waals surface area contributed by atoms with Crippen LogP contribution in [-0.2, 0) is 20.8 Å². The highest BCUT2D eigenvalue weighted by atomic mass is 16.5. The van der Waals surface area contributed by atoms with Crippen molar-refractivity contribution in [3.63, 3.8) is 0 Å². The van der Waals surface area contributed by atoms with Gasteiger partial charge in [-0.25, -0.2) is 0 Å². The van der Waals surface area contributed by atoms with E-state index >= 15 is 0 Å². The predicted molar refractivity (Wildman–Crippen MR) is 151 cm³/mol. The van der Waals surface area contributed by atoms with E-state index in [1.165, 1.54) is 0 Å². The Balaban J connectivity index is 1.39. The third kappa shape index (κ3) is 6.14. The number of carboxylic acids is 1. The first-order chi connectivity index (χ1) is 19.5. The highest BCUT2D eigenvalue weighted by molar-refractivity contribution is 5.94. The maximum absolute atomic E-state index is 13.8. The Kier molecular flexibility index (Phi) is 8.99. The normalized spacial score (nSPS) is 22.4. The van der Waals surface area contributed by atoms with Crippen LogP contribution in [0.1, 0.15) is 62.5 Å².